The highest BCUT2D eigenvalue weighted by Crippen LogP contribution is 2.03. The van der Waals surface area contributed by atoms with Crippen molar-refractivity contribution in [2.75, 3.05) is 13.2 Å². The number of rotatable bonds is 4. The fraction of sp³-hybridized carbons (Fsp3) is 0.556. The van der Waals surface area contributed by atoms with Gasteiger partial charge in [-0.25, -0.2) is 9.48 Å². The highest BCUT2D eigenvalue weighted by molar-refractivity contribution is 5.84. The molecule has 0 aliphatic carbocycles. The molecular formula is C9H12N4O4. The minimum absolute atomic E-state index is 0.0324. The van der Waals surface area contributed by atoms with Crippen LogP contribution >= 0.6 is 0 Å². The summed E-state index contributed by atoms with van der Waals surface area (Å²) in [4.78, 5) is 22.1. The van der Waals surface area contributed by atoms with Gasteiger partial charge in [0.25, 0.3) is 0 Å². The van der Waals surface area contributed by atoms with Crippen LogP contribution in [0.3, 0.4) is 0 Å². The number of amides is 1. The molecule has 1 aromatic rings. The topological polar surface area (TPSA) is 106 Å². The molecule has 1 saturated heterocycles. The van der Waals surface area contributed by atoms with E-state index in [1.165, 1.54) is 10.9 Å². The van der Waals surface area contributed by atoms with Crippen molar-refractivity contribution in [3.63, 3.8) is 0 Å². The van der Waals surface area contributed by atoms with Crippen LogP contribution in [-0.4, -0.2) is 51.2 Å². The van der Waals surface area contributed by atoms with Gasteiger partial charge in [0.05, 0.1) is 18.8 Å². The van der Waals surface area contributed by atoms with Gasteiger partial charge in [0, 0.05) is 6.61 Å². The van der Waals surface area contributed by atoms with Gasteiger partial charge in [-0.1, -0.05) is 5.21 Å². The van der Waals surface area contributed by atoms with E-state index in [4.69, 9.17) is 9.84 Å². The zero-order valence-corrected chi connectivity index (χ0v) is 9.00. The van der Waals surface area contributed by atoms with Gasteiger partial charge < -0.3 is 15.2 Å². The number of aromatic carboxylic acids is 1. The minimum atomic E-state index is -1.17. The van der Waals surface area contributed by atoms with Crippen molar-refractivity contribution in [2.45, 2.75) is 19.0 Å². The SMILES string of the molecule is O=C(Cn1cc(C(=O)O)nn1)NC1CCOC1. The van der Waals surface area contributed by atoms with Gasteiger partial charge in [0.2, 0.25) is 5.91 Å². The maximum Gasteiger partial charge on any atom is 0.358 e. The number of nitrogens with zero attached hydrogens (tertiary/aromatic N) is 3. The number of carboxylic acid groups (broad SMARTS) is 1. The molecule has 92 valence electrons. The first kappa shape index (κ1) is 11.5. The summed E-state index contributed by atoms with van der Waals surface area (Å²) >= 11 is 0. The molecule has 1 fully saturated rings. The van der Waals surface area contributed by atoms with E-state index in [2.05, 4.69) is 15.6 Å². The number of hydrogen-bond donors (Lipinski definition) is 2. The van der Waals surface area contributed by atoms with Crippen molar-refractivity contribution in [1.29, 1.82) is 0 Å². The fourth-order valence-electron chi connectivity index (χ4n) is 1.54. The average Bonchev–Trinajstić information content (AvgIpc) is 2.88. The molecule has 1 aliphatic rings. The van der Waals surface area contributed by atoms with E-state index in [0.717, 1.165) is 6.42 Å². The molecule has 2 rings (SSSR count). The van der Waals surface area contributed by atoms with Crippen molar-refractivity contribution in [3.8, 4) is 0 Å². The monoisotopic (exact) mass is 240 g/mol. The van der Waals surface area contributed by atoms with E-state index >= 15 is 0 Å². The zero-order chi connectivity index (χ0) is 12.3. The van der Waals surface area contributed by atoms with Crippen LogP contribution in [0.25, 0.3) is 0 Å². The second-order valence-electron chi connectivity index (χ2n) is 3.73. The van der Waals surface area contributed by atoms with E-state index in [1.807, 2.05) is 0 Å². The predicted molar refractivity (Wildman–Crippen MR) is 54.3 cm³/mol. The third-order valence-electron chi connectivity index (χ3n) is 2.36. The number of carbonyl (C=O) groups excluding carboxylic acids is 1. The molecule has 0 saturated carbocycles. The first-order chi connectivity index (χ1) is 8.15. The van der Waals surface area contributed by atoms with Crippen LogP contribution in [0, 0.1) is 0 Å². The summed E-state index contributed by atoms with van der Waals surface area (Å²) in [6, 6.07) is 0.0324. The summed E-state index contributed by atoms with van der Waals surface area (Å²) < 4.78 is 6.31. The van der Waals surface area contributed by atoms with E-state index in [0.29, 0.717) is 13.2 Å². The van der Waals surface area contributed by atoms with Gasteiger partial charge in [0.15, 0.2) is 5.69 Å². The van der Waals surface area contributed by atoms with Gasteiger partial charge in [0.1, 0.15) is 6.54 Å². The second kappa shape index (κ2) is 4.91. The van der Waals surface area contributed by atoms with Gasteiger partial charge in [-0.15, -0.1) is 5.10 Å². The number of hydrogen-bond acceptors (Lipinski definition) is 5. The summed E-state index contributed by atoms with van der Waals surface area (Å²) in [5, 5.41) is 18.4. The Balaban J connectivity index is 1.86. The molecule has 0 bridgehead atoms. The van der Waals surface area contributed by atoms with Crippen molar-refractivity contribution in [1.82, 2.24) is 20.3 Å². The molecule has 1 unspecified atom stereocenters. The largest absolute Gasteiger partial charge is 0.476 e. The van der Waals surface area contributed by atoms with Crippen molar-refractivity contribution in [2.24, 2.45) is 0 Å². The Morgan fingerprint density at radius 3 is 3.06 bits per heavy atom. The highest BCUT2D eigenvalue weighted by Gasteiger charge is 2.18. The lowest BCUT2D eigenvalue weighted by atomic mass is 10.2. The first-order valence-electron chi connectivity index (χ1n) is 5.15. The zero-order valence-electron chi connectivity index (χ0n) is 9.00. The Kier molecular flexibility index (Phi) is 3.33. The highest BCUT2D eigenvalue weighted by atomic mass is 16.5. The first-order valence-corrected chi connectivity index (χ1v) is 5.15. The summed E-state index contributed by atoms with van der Waals surface area (Å²) in [5.74, 6) is -1.40. The normalized spacial score (nSPS) is 19.2. The molecule has 1 aromatic heterocycles. The third-order valence-corrected chi connectivity index (χ3v) is 2.36. The van der Waals surface area contributed by atoms with Gasteiger partial charge in [-0.2, -0.15) is 0 Å². The lowest BCUT2D eigenvalue weighted by Crippen LogP contribution is -2.37. The lowest BCUT2D eigenvalue weighted by molar-refractivity contribution is -0.122. The molecule has 1 atom stereocenters. The summed E-state index contributed by atoms with van der Waals surface area (Å²) in [6.07, 6.45) is 2.01. The molecule has 0 radical (unpaired) electrons. The number of ether oxygens (including phenoxy) is 1. The lowest BCUT2D eigenvalue weighted by Gasteiger charge is -2.09. The van der Waals surface area contributed by atoms with Crippen LogP contribution in [0.1, 0.15) is 16.9 Å². The summed E-state index contributed by atoms with van der Waals surface area (Å²) in [7, 11) is 0. The van der Waals surface area contributed by atoms with E-state index < -0.39 is 5.97 Å². The maximum atomic E-state index is 11.5. The quantitative estimate of drug-likeness (QED) is 0.690. The van der Waals surface area contributed by atoms with Gasteiger partial charge >= 0.3 is 5.97 Å². The van der Waals surface area contributed by atoms with Crippen LogP contribution in [0.4, 0.5) is 0 Å². The standard InChI is InChI=1S/C9H12N4O4/c14-8(10-6-1-2-17-5-6)4-13-3-7(9(15)16)11-12-13/h3,6H,1-2,4-5H2,(H,10,14)(H,15,16). The van der Waals surface area contributed by atoms with Crippen LogP contribution in [0.15, 0.2) is 6.20 Å². The van der Waals surface area contributed by atoms with Crippen molar-refractivity contribution < 1.29 is 19.4 Å². The minimum Gasteiger partial charge on any atom is -0.476 e. The van der Waals surface area contributed by atoms with Crippen LogP contribution in [-0.2, 0) is 16.1 Å². The smallest absolute Gasteiger partial charge is 0.358 e. The Bertz CT molecular complexity index is 424. The van der Waals surface area contributed by atoms with Gasteiger partial charge in [-0.05, 0) is 6.42 Å². The fourth-order valence-corrected chi connectivity index (χ4v) is 1.54. The van der Waals surface area contributed by atoms with Crippen LogP contribution in [0.5, 0.6) is 0 Å². The Labute approximate surface area is 96.6 Å². The maximum absolute atomic E-state index is 11.5. The predicted octanol–water partition coefficient (Wildman–Crippen LogP) is -1.12. The number of carbonyl (C=O) groups is 2. The number of carboxylic acids is 1. The average molecular weight is 240 g/mol. The molecule has 8 nitrogen and oxygen atoms in total. The van der Waals surface area contributed by atoms with Gasteiger partial charge in [-0.3, -0.25) is 4.79 Å². The number of nitrogens with one attached hydrogen (secondary N) is 1. The molecule has 2 heterocycles. The van der Waals surface area contributed by atoms with Crippen molar-refractivity contribution >= 4 is 11.9 Å². The summed E-state index contributed by atoms with van der Waals surface area (Å²) in [6.45, 7) is 1.12. The Hall–Kier alpha value is -1.96. The van der Waals surface area contributed by atoms with Crippen molar-refractivity contribution in [3.05, 3.63) is 11.9 Å². The van der Waals surface area contributed by atoms with Crippen LogP contribution < -0.4 is 5.32 Å². The van der Waals surface area contributed by atoms with E-state index in [9.17, 15) is 9.59 Å². The summed E-state index contributed by atoms with van der Waals surface area (Å²) in [5.41, 5.74) is -0.179. The Morgan fingerprint density at radius 1 is 1.65 bits per heavy atom. The molecular weight excluding hydrogens is 228 g/mol. The molecule has 1 amide bonds. The molecule has 1 aliphatic heterocycles. The van der Waals surface area contributed by atoms with E-state index in [-0.39, 0.29) is 24.2 Å². The Morgan fingerprint density at radius 2 is 2.47 bits per heavy atom. The molecule has 8 heteroatoms. The second-order valence-corrected chi connectivity index (χ2v) is 3.73. The number of aromatic nitrogens is 3. The molecule has 0 spiro atoms. The van der Waals surface area contributed by atoms with E-state index in [1.54, 1.807) is 0 Å². The molecule has 0 aromatic carbocycles. The molecule has 2 N–H and O–H groups in total. The van der Waals surface area contributed by atoms with Crippen LogP contribution in [0.2, 0.25) is 0 Å². The molecule has 17 heavy (non-hydrogen) atoms. The third kappa shape index (κ3) is 3.00.